The van der Waals surface area contributed by atoms with E-state index in [1.54, 1.807) is 4.68 Å². The van der Waals surface area contributed by atoms with Crippen molar-refractivity contribution in [3.63, 3.8) is 0 Å². The lowest BCUT2D eigenvalue weighted by Crippen LogP contribution is -2.28. The van der Waals surface area contributed by atoms with E-state index in [-0.39, 0.29) is 13.0 Å². The molecule has 25 heavy (non-hydrogen) atoms. The van der Waals surface area contributed by atoms with Crippen LogP contribution >= 0.6 is 0 Å². The molecule has 2 aromatic heterocycles. The lowest BCUT2D eigenvalue weighted by molar-refractivity contribution is -0.0318. The minimum atomic E-state index is -2.61. The highest BCUT2D eigenvalue weighted by molar-refractivity contribution is 5.81. The molecule has 0 spiro atoms. The Morgan fingerprint density at radius 2 is 2.04 bits per heavy atom. The van der Waals surface area contributed by atoms with E-state index in [0.717, 1.165) is 5.56 Å². The highest BCUT2D eigenvalue weighted by Crippen LogP contribution is 2.40. The van der Waals surface area contributed by atoms with Gasteiger partial charge in [0.05, 0.1) is 6.54 Å². The van der Waals surface area contributed by atoms with Crippen LogP contribution in [0.25, 0.3) is 11.2 Å². The molecule has 0 bridgehead atoms. The molecule has 1 atom stereocenters. The molecule has 1 saturated carbocycles. The van der Waals surface area contributed by atoms with E-state index in [9.17, 15) is 8.78 Å². The first-order valence-corrected chi connectivity index (χ1v) is 8.33. The number of benzene rings is 1. The Balaban J connectivity index is 1.55. The quantitative estimate of drug-likeness (QED) is 0.770. The second-order valence-electron chi connectivity index (χ2n) is 6.36. The van der Waals surface area contributed by atoms with E-state index in [1.165, 1.54) is 6.33 Å². The van der Waals surface area contributed by atoms with Crippen LogP contribution in [0.2, 0.25) is 0 Å². The highest BCUT2D eigenvalue weighted by Gasteiger charge is 2.43. The Bertz CT molecular complexity index is 864. The van der Waals surface area contributed by atoms with E-state index in [1.807, 2.05) is 30.3 Å². The Labute approximate surface area is 143 Å². The number of hydrogen-bond donors (Lipinski definition) is 1. The standard InChI is InChI=1S/C17H18F2N6/c18-17(19)8-4-7-13(17)9-20-15-14-16(22-11-21-15)25(24-23-14)10-12-5-2-1-3-6-12/h1-3,5-6,11,13H,4,7-10H2,(H,20,21,22). The minimum Gasteiger partial charge on any atom is -0.368 e. The summed E-state index contributed by atoms with van der Waals surface area (Å²) in [5.74, 6) is -2.83. The van der Waals surface area contributed by atoms with Crippen molar-refractivity contribution in [3.05, 3.63) is 42.2 Å². The Morgan fingerprint density at radius 1 is 1.20 bits per heavy atom. The van der Waals surface area contributed by atoms with Gasteiger partial charge in [-0.2, -0.15) is 0 Å². The summed E-state index contributed by atoms with van der Waals surface area (Å²) < 4.78 is 29.2. The van der Waals surface area contributed by atoms with Gasteiger partial charge in [-0.3, -0.25) is 0 Å². The molecule has 1 unspecified atom stereocenters. The molecule has 4 rings (SSSR count). The minimum absolute atomic E-state index is 0.0359. The summed E-state index contributed by atoms with van der Waals surface area (Å²) >= 11 is 0. The van der Waals surface area contributed by atoms with Gasteiger partial charge in [0.25, 0.3) is 5.92 Å². The monoisotopic (exact) mass is 344 g/mol. The number of alkyl halides is 2. The van der Waals surface area contributed by atoms with Crippen molar-refractivity contribution in [1.82, 2.24) is 25.0 Å². The van der Waals surface area contributed by atoms with Crippen molar-refractivity contribution in [2.75, 3.05) is 11.9 Å². The molecule has 1 aliphatic carbocycles. The summed E-state index contributed by atoms with van der Waals surface area (Å²) in [6, 6.07) is 9.86. The molecular weight excluding hydrogens is 326 g/mol. The lowest BCUT2D eigenvalue weighted by atomic mass is 10.1. The van der Waals surface area contributed by atoms with E-state index in [0.29, 0.717) is 36.4 Å². The summed E-state index contributed by atoms with van der Waals surface area (Å²) in [7, 11) is 0. The molecular formula is C17H18F2N6. The molecule has 6 nitrogen and oxygen atoms in total. The average Bonchev–Trinajstić information content (AvgIpc) is 3.17. The molecule has 0 amide bonds. The van der Waals surface area contributed by atoms with Gasteiger partial charge in [0.2, 0.25) is 0 Å². The number of nitrogens with one attached hydrogen (secondary N) is 1. The summed E-state index contributed by atoms with van der Waals surface area (Å²) in [5.41, 5.74) is 2.16. The van der Waals surface area contributed by atoms with Crippen molar-refractivity contribution in [2.45, 2.75) is 31.7 Å². The smallest absolute Gasteiger partial charge is 0.252 e. The van der Waals surface area contributed by atoms with Gasteiger partial charge in [-0.1, -0.05) is 35.5 Å². The van der Waals surface area contributed by atoms with Crippen molar-refractivity contribution in [2.24, 2.45) is 5.92 Å². The number of rotatable bonds is 5. The normalized spacial score (nSPS) is 19.4. The summed E-state index contributed by atoms with van der Waals surface area (Å²) in [6.45, 7) is 0.707. The van der Waals surface area contributed by atoms with Crippen LogP contribution in [0, 0.1) is 5.92 Å². The molecule has 2 heterocycles. The fraction of sp³-hybridized carbons (Fsp3) is 0.412. The van der Waals surface area contributed by atoms with Crippen molar-refractivity contribution in [1.29, 1.82) is 0 Å². The van der Waals surface area contributed by atoms with E-state index < -0.39 is 11.8 Å². The molecule has 8 heteroatoms. The van der Waals surface area contributed by atoms with Crippen LogP contribution in [0.4, 0.5) is 14.6 Å². The molecule has 130 valence electrons. The fourth-order valence-electron chi connectivity index (χ4n) is 3.25. The summed E-state index contributed by atoms with van der Waals surface area (Å²) in [6.07, 6.45) is 2.45. The third kappa shape index (κ3) is 3.16. The van der Waals surface area contributed by atoms with Gasteiger partial charge >= 0.3 is 0 Å². The van der Waals surface area contributed by atoms with Crippen molar-refractivity contribution in [3.8, 4) is 0 Å². The predicted octanol–water partition coefficient (Wildman–Crippen LogP) is 3.12. The zero-order chi connectivity index (χ0) is 17.3. The van der Waals surface area contributed by atoms with Crippen LogP contribution in [-0.4, -0.2) is 37.4 Å². The topological polar surface area (TPSA) is 68.5 Å². The Kier molecular flexibility index (Phi) is 4.03. The first-order chi connectivity index (χ1) is 12.1. The molecule has 0 aliphatic heterocycles. The van der Waals surface area contributed by atoms with E-state index in [2.05, 4.69) is 25.6 Å². The van der Waals surface area contributed by atoms with Gasteiger partial charge in [-0.15, -0.1) is 5.10 Å². The number of fused-ring (bicyclic) bond motifs is 1. The van der Waals surface area contributed by atoms with E-state index in [4.69, 9.17) is 0 Å². The maximum Gasteiger partial charge on any atom is 0.252 e. The van der Waals surface area contributed by atoms with Crippen molar-refractivity contribution >= 4 is 17.0 Å². The second-order valence-corrected chi connectivity index (χ2v) is 6.36. The largest absolute Gasteiger partial charge is 0.368 e. The van der Waals surface area contributed by atoms with Crippen LogP contribution in [-0.2, 0) is 6.54 Å². The first-order valence-electron chi connectivity index (χ1n) is 8.33. The molecule has 0 saturated heterocycles. The molecule has 1 fully saturated rings. The van der Waals surface area contributed by atoms with Gasteiger partial charge in [0.15, 0.2) is 17.0 Å². The molecule has 3 aromatic rings. The molecule has 0 radical (unpaired) electrons. The third-order valence-corrected chi connectivity index (χ3v) is 4.65. The zero-order valence-corrected chi connectivity index (χ0v) is 13.6. The maximum absolute atomic E-state index is 13.8. The van der Waals surface area contributed by atoms with Crippen LogP contribution in [0.5, 0.6) is 0 Å². The summed E-state index contributed by atoms with van der Waals surface area (Å²) in [4.78, 5) is 8.40. The predicted molar refractivity (Wildman–Crippen MR) is 89.4 cm³/mol. The van der Waals surface area contributed by atoms with Gasteiger partial charge in [-0.25, -0.2) is 23.4 Å². The van der Waals surface area contributed by atoms with Crippen LogP contribution in [0.1, 0.15) is 24.8 Å². The van der Waals surface area contributed by atoms with Crippen LogP contribution in [0.3, 0.4) is 0 Å². The number of halogens is 2. The van der Waals surface area contributed by atoms with Gasteiger partial charge < -0.3 is 5.32 Å². The molecule has 1 aliphatic rings. The lowest BCUT2D eigenvalue weighted by Gasteiger charge is -2.19. The number of anilines is 1. The van der Waals surface area contributed by atoms with Gasteiger partial charge in [0.1, 0.15) is 6.33 Å². The Hall–Kier alpha value is -2.64. The number of hydrogen-bond acceptors (Lipinski definition) is 5. The number of aromatic nitrogens is 5. The van der Waals surface area contributed by atoms with Gasteiger partial charge in [-0.05, 0) is 18.4 Å². The highest BCUT2D eigenvalue weighted by atomic mass is 19.3. The Morgan fingerprint density at radius 3 is 2.80 bits per heavy atom. The average molecular weight is 344 g/mol. The van der Waals surface area contributed by atoms with Crippen LogP contribution < -0.4 is 5.32 Å². The maximum atomic E-state index is 13.8. The first kappa shape index (κ1) is 15.9. The number of nitrogens with zero attached hydrogens (tertiary/aromatic N) is 5. The fourth-order valence-corrected chi connectivity index (χ4v) is 3.25. The molecule has 1 N–H and O–H groups in total. The third-order valence-electron chi connectivity index (χ3n) is 4.65. The summed E-state index contributed by atoms with van der Waals surface area (Å²) in [5, 5.41) is 11.3. The van der Waals surface area contributed by atoms with Crippen LogP contribution in [0.15, 0.2) is 36.7 Å². The zero-order valence-electron chi connectivity index (χ0n) is 13.6. The van der Waals surface area contributed by atoms with E-state index >= 15 is 0 Å². The van der Waals surface area contributed by atoms with Gasteiger partial charge in [0, 0.05) is 18.9 Å². The second kappa shape index (κ2) is 6.34. The SMILES string of the molecule is FC1(F)CCCC1CNc1ncnc2c1nnn2Cc1ccccc1. The van der Waals surface area contributed by atoms with Crippen molar-refractivity contribution < 1.29 is 8.78 Å². The molecule has 1 aromatic carbocycles.